The lowest BCUT2D eigenvalue weighted by molar-refractivity contribution is -0.123. The van der Waals surface area contributed by atoms with Crippen LogP contribution in [0.2, 0.25) is 0 Å². The number of rotatable bonds is 6. The Morgan fingerprint density at radius 1 is 1.36 bits per heavy atom. The van der Waals surface area contributed by atoms with Gasteiger partial charge in [-0.15, -0.1) is 36.2 Å². The Bertz CT molecular complexity index is 719. The SMILES string of the molecule is Cl.Cl.O=C(NCC1CCCN(Cc2ncc(-c3cccs3)o2)C1)C1CCCN1. The Morgan fingerprint density at radius 3 is 3.00 bits per heavy atom. The zero-order valence-corrected chi connectivity index (χ0v) is 18.2. The number of piperidine rings is 1. The molecule has 156 valence electrons. The van der Waals surface area contributed by atoms with Crippen LogP contribution < -0.4 is 10.6 Å². The molecule has 2 saturated heterocycles. The average Bonchev–Trinajstić information content (AvgIpc) is 3.41. The molecule has 0 aliphatic carbocycles. The minimum absolute atomic E-state index is 0. The summed E-state index contributed by atoms with van der Waals surface area (Å²) in [6, 6.07) is 4.08. The predicted molar refractivity (Wildman–Crippen MR) is 116 cm³/mol. The monoisotopic (exact) mass is 446 g/mol. The molecule has 6 nitrogen and oxygen atoms in total. The van der Waals surface area contributed by atoms with E-state index >= 15 is 0 Å². The number of oxazole rings is 1. The molecule has 1 amide bonds. The van der Waals surface area contributed by atoms with Crippen molar-refractivity contribution >= 4 is 42.1 Å². The van der Waals surface area contributed by atoms with E-state index in [4.69, 9.17) is 4.42 Å². The number of carbonyl (C=O) groups excluding carboxylic acids is 1. The third-order valence-corrected chi connectivity index (χ3v) is 6.11. The van der Waals surface area contributed by atoms with Crippen LogP contribution in [0.1, 0.15) is 31.6 Å². The van der Waals surface area contributed by atoms with E-state index in [0.717, 1.165) is 68.5 Å². The fraction of sp³-hybridized carbons (Fsp3) is 0.579. The maximum Gasteiger partial charge on any atom is 0.237 e. The zero-order valence-electron chi connectivity index (χ0n) is 15.8. The van der Waals surface area contributed by atoms with Crippen LogP contribution in [0.25, 0.3) is 10.6 Å². The van der Waals surface area contributed by atoms with E-state index < -0.39 is 0 Å². The van der Waals surface area contributed by atoms with Gasteiger partial charge in [0.2, 0.25) is 11.8 Å². The van der Waals surface area contributed by atoms with E-state index in [0.29, 0.717) is 5.92 Å². The van der Waals surface area contributed by atoms with Gasteiger partial charge in [0.05, 0.1) is 23.7 Å². The number of nitrogens with one attached hydrogen (secondary N) is 2. The van der Waals surface area contributed by atoms with Gasteiger partial charge in [-0.25, -0.2) is 4.98 Å². The molecule has 9 heteroatoms. The molecule has 0 radical (unpaired) electrons. The molecule has 2 aliphatic heterocycles. The average molecular weight is 447 g/mol. The molecule has 0 saturated carbocycles. The largest absolute Gasteiger partial charge is 0.438 e. The quantitative estimate of drug-likeness (QED) is 0.711. The Morgan fingerprint density at radius 2 is 2.25 bits per heavy atom. The number of hydrogen-bond acceptors (Lipinski definition) is 6. The van der Waals surface area contributed by atoms with Crippen LogP contribution in [-0.2, 0) is 11.3 Å². The summed E-state index contributed by atoms with van der Waals surface area (Å²) in [5.41, 5.74) is 0. The molecule has 2 fully saturated rings. The molecule has 2 atom stereocenters. The molecule has 4 rings (SSSR count). The summed E-state index contributed by atoms with van der Waals surface area (Å²) in [5.74, 6) is 2.28. The standard InChI is InChI=1S/C19H26N4O2S.2ClH/c24-19(15-5-1-7-20-15)22-10-14-4-2-8-23(12-14)13-18-21-11-16(25-18)17-6-3-9-26-17;;/h3,6,9,11,14-15,20H,1-2,4-5,7-8,10,12-13H2,(H,22,24);2*1H. The van der Waals surface area contributed by atoms with Crippen LogP contribution in [0, 0.1) is 5.92 Å². The molecule has 2 unspecified atom stereocenters. The van der Waals surface area contributed by atoms with Crippen LogP contribution in [0.4, 0.5) is 0 Å². The summed E-state index contributed by atoms with van der Waals surface area (Å²) < 4.78 is 5.91. The first kappa shape index (κ1) is 23.2. The number of aromatic nitrogens is 1. The highest BCUT2D eigenvalue weighted by atomic mass is 35.5. The molecular weight excluding hydrogens is 419 g/mol. The van der Waals surface area contributed by atoms with E-state index in [9.17, 15) is 4.79 Å². The lowest BCUT2D eigenvalue weighted by Gasteiger charge is -2.32. The first-order valence-corrected chi connectivity index (χ1v) is 10.4. The minimum Gasteiger partial charge on any atom is -0.438 e. The lowest BCUT2D eigenvalue weighted by atomic mass is 9.98. The van der Waals surface area contributed by atoms with Crippen LogP contribution in [0.5, 0.6) is 0 Å². The van der Waals surface area contributed by atoms with Crippen LogP contribution in [0.3, 0.4) is 0 Å². The molecule has 2 aliphatic rings. The molecule has 2 N–H and O–H groups in total. The third kappa shape index (κ3) is 5.94. The second-order valence-corrected chi connectivity index (χ2v) is 8.18. The molecule has 2 aromatic rings. The van der Waals surface area contributed by atoms with Crippen molar-refractivity contribution in [3.63, 3.8) is 0 Å². The van der Waals surface area contributed by atoms with Gasteiger partial charge in [-0.05, 0) is 56.1 Å². The number of carbonyl (C=O) groups is 1. The van der Waals surface area contributed by atoms with Crippen molar-refractivity contribution in [3.8, 4) is 10.6 Å². The number of likely N-dealkylation sites (tertiary alicyclic amines) is 1. The van der Waals surface area contributed by atoms with Crippen molar-refractivity contribution in [1.29, 1.82) is 0 Å². The van der Waals surface area contributed by atoms with Gasteiger partial charge in [0.1, 0.15) is 0 Å². The van der Waals surface area contributed by atoms with Gasteiger partial charge < -0.3 is 15.1 Å². The van der Waals surface area contributed by atoms with Gasteiger partial charge in [-0.2, -0.15) is 0 Å². The van der Waals surface area contributed by atoms with Crippen LogP contribution in [-0.4, -0.2) is 48.0 Å². The number of hydrogen-bond donors (Lipinski definition) is 2. The topological polar surface area (TPSA) is 70.4 Å². The van der Waals surface area contributed by atoms with Crippen molar-refractivity contribution in [2.24, 2.45) is 5.92 Å². The summed E-state index contributed by atoms with van der Waals surface area (Å²) >= 11 is 1.66. The zero-order chi connectivity index (χ0) is 17.8. The summed E-state index contributed by atoms with van der Waals surface area (Å²) in [6.45, 7) is 4.50. The molecule has 28 heavy (non-hydrogen) atoms. The molecular formula is C19H28Cl2N4O2S. The van der Waals surface area contributed by atoms with Crippen molar-refractivity contribution < 1.29 is 9.21 Å². The fourth-order valence-electron chi connectivity index (χ4n) is 3.85. The highest BCUT2D eigenvalue weighted by Crippen LogP contribution is 2.26. The van der Waals surface area contributed by atoms with Crippen LogP contribution in [0.15, 0.2) is 28.1 Å². The molecule has 0 aromatic carbocycles. The van der Waals surface area contributed by atoms with Crippen molar-refractivity contribution in [2.75, 3.05) is 26.2 Å². The van der Waals surface area contributed by atoms with Gasteiger partial charge in [-0.1, -0.05) is 6.07 Å². The summed E-state index contributed by atoms with van der Waals surface area (Å²) in [7, 11) is 0. The fourth-order valence-corrected chi connectivity index (χ4v) is 4.52. The number of halogens is 2. The third-order valence-electron chi connectivity index (χ3n) is 5.22. The highest BCUT2D eigenvalue weighted by molar-refractivity contribution is 7.13. The smallest absolute Gasteiger partial charge is 0.237 e. The van der Waals surface area contributed by atoms with Gasteiger partial charge in [-0.3, -0.25) is 9.69 Å². The van der Waals surface area contributed by atoms with Gasteiger partial charge in [0.15, 0.2) is 5.76 Å². The summed E-state index contributed by atoms with van der Waals surface area (Å²) in [6.07, 6.45) is 6.19. The number of nitrogens with zero attached hydrogens (tertiary/aromatic N) is 2. The Hall–Kier alpha value is -1.12. The first-order chi connectivity index (χ1) is 12.8. The van der Waals surface area contributed by atoms with Crippen molar-refractivity contribution in [2.45, 2.75) is 38.3 Å². The maximum absolute atomic E-state index is 12.2. The van der Waals surface area contributed by atoms with Crippen molar-refractivity contribution in [1.82, 2.24) is 20.5 Å². The van der Waals surface area contributed by atoms with E-state index in [1.54, 1.807) is 11.3 Å². The summed E-state index contributed by atoms with van der Waals surface area (Å²) in [4.78, 5) is 20.1. The Kier molecular flexibility index (Phi) is 9.24. The molecule has 2 aromatic heterocycles. The minimum atomic E-state index is 0. The van der Waals surface area contributed by atoms with Gasteiger partial charge in [0.25, 0.3) is 0 Å². The van der Waals surface area contributed by atoms with Crippen LogP contribution >= 0.6 is 36.2 Å². The Labute approximate surface area is 182 Å². The number of amides is 1. The van der Waals surface area contributed by atoms with Gasteiger partial charge in [0, 0.05) is 13.1 Å². The van der Waals surface area contributed by atoms with Gasteiger partial charge >= 0.3 is 0 Å². The normalized spacial score (nSPS) is 22.3. The molecule has 4 heterocycles. The molecule has 0 spiro atoms. The summed E-state index contributed by atoms with van der Waals surface area (Å²) in [5, 5.41) is 8.44. The molecule has 0 bridgehead atoms. The maximum atomic E-state index is 12.2. The Balaban J connectivity index is 0.00000140. The van der Waals surface area contributed by atoms with E-state index in [2.05, 4.69) is 20.5 Å². The lowest BCUT2D eigenvalue weighted by Crippen LogP contribution is -2.45. The predicted octanol–water partition coefficient (Wildman–Crippen LogP) is 3.33. The van der Waals surface area contributed by atoms with E-state index in [1.165, 1.54) is 6.42 Å². The van der Waals surface area contributed by atoms with Crippen molar-refractivity contribution in [3.05, 3.63) is 29.6 Å². The second-order valence-electron chi connectivity index (χ2n) is 7.23. The second kappa shape index (κ2) is 11.2. The number of thiophene rings is 1. The highest BCUT2D eigenvalue weighted by Gasteiger charge is 2.25. The van der Waals surface area contributed by atoms with E-state index in [-0.39, 0.29) is 36.8 Å². The first-order valence-electron chi connectivity index (χ1n) is 9.50. The van der Waals surface area contributed by atoms with E-state index in [1.807, 2.05) is 23.7 Å².